The number of nitrogens with one attached hydrogen (secondary N) is 2. The fourth-order valence-corrected chi connectivity index (χ4v) is 2.48. The van der Waals surface area contributed by atoms with Crippen LogP contribution in [-0.4, -0.2) is 49.1 Å². The number of rotatable bonds is 8. The maximum Gasteiger partial charge on any atom is 0.226 e. The summed E-state index contributed by atoms with van der Waals surface area (Å²) in [6.45, 7) is 11.0. The molecular weight excluding hydrogens is 441 g/mol. The Kier molecular flexibility index (Phi) is 10.3. The molecule has 2 N–H and O–H groups in total. The molecule has 26 heavy (non-hydrogen) atoms. The number of hydrogen-bond acceptors (Lipinski definition) is 4. The third-order valence-electron chi connectivity index (χ3n) is 4.13. The first-order valence-corrected chi connectivity index (χ1v) is 8.84. The largest absolute Gasteiger partial charge is 0.444 e. The predicted octanol–water partition coefficient (Wildman–Crippen LogP) is 3.27. The first-order valence-electron chi connectivity index (χ1n) is 8.84. The molecule has 0 unspecified atom stereocenters. The van der Waals surface area contributed by atoms with Gasteiger partial charge in [0.1, 0.15) is 6.26 Å². The van der Waals surface area contributed by atoms with E-state index in [2.05, 4.69) is 58.4 Å². The van der Waals surface area contributed by atoms with E-state index in [1.165, 1.54) is 5.56 Å². The summed E-state index contributed by atoms with van der Waals surface area (Å²) >= 11 is 0. The maximum atomic E-state index is 5.58. The number of aryl methyl sites for hydroxylation is 1. The van der Waals surface area contributed by atoms with Gasteiger partial charge in [-0.1, -0.05) is 31.5 Å². The molecule has 0 aliphatic carbocycles. The van der Waals surface area contributed by atoms with Crippen molar-refractivity contribution in [3.8, 4) is 11.5 Å². The third kappa shape index (κ3) is 6.95. The van der Waals surface area contributed by atoms with Gasteiger partial charge in [-0.15, -0.1) is 24.0 Å². The van der Waals surface area contributed by atoms with Crippen molar-refractivity contribution in [1.29, 1.82) is 0 Å². The van der Waals surface area contributed by atoms with Crippen LogP contribution in [0.3, 0.4) is 0 Å². The molecule has 6 nitrogen and oxygen atoms in total. The molecule has 1 aromatic carbocycles. The van der Waals surface area contributed by atoms with Crippen molar-refractivity contribution in [3.63, 3.8) is 0 Å². The van der Waals surface area contributed by atoms with E-state index in [0.717, 1.165) is 43.4 Å². The SMILES string of the molecule is CCN(CC)CCNC(=NC)NCc1coc(-c2ccc(C)cc2)n1.I. The van der Waals surface area contributed by atoms with E-state index in [1.807, 2.05) is 12.1 Å². The van der Waals surface area contributed by atoms with Gasteiger partial charge in [-0.25, -0.2) is 4.98 Å². The molecule has 0 atom stereocenters. The van der Waals surface area contributed by atoms with Crippen LogP contribution in [0.4, 0.5) is 0 Å². The zero-order valence-electron chi connectivity index (χ0n) is 16.1. The number of benzene rings is 1. The smallest absolute Gasteiger partial charge is 0.226 e. The lowest BCUT2D eigenvalue weighted by Gasteiger charge is -2.19. The number of halogens is 1. The molecular formula is C19H30IN5O. The monoisotopic (exact) mass is 471 g/mol. The molecule has 0 saturated carbocycles. The zero-order valence-corrected chi connectivity index (χ0v) is 18.4. The average molecular weight is 471 g/mol. The molecule has 0 aliphatic rings. The summed E-state index contributed by atoms with van der Waals surface area (Å²) in [6.07, 6.45) is 1.69. The molecule has 0 radical (unpaired) electrons. The normalized spacial score (nSPS) is 11.3. The van der Waals surface area contributed by atoms with Gasteiger partial charge in [0.05, 0.1) is 12.2 Å². The topological polar surface area (TPSA) is 65.7 Å². The molecule has 0 amide bonds. The highest BCUT2D eigenvalue weighted by atomic mass is 127. The molecule has 1 heterocycles. The quantitative estimate of drug-likeness (QED) is 0.352. The van der Waals surface area contributed by atoms with Crippen LogP contribution in [-0.2, 0) is 6.54 Å². The molecule has 7 heteroatoms. The van der Waals surface area contributed by atoms with Gasteiger partial charge < -0.3 is 20.0 Å². The number of nitrogens with zero attached hydrogens (tertiary/aromatic N) is 3. The minimum Gasteiger partial charge on any atom is -0.444 e. The van der Waals surface area contributed by atoms with E-state index < -0.39 is 0 Å². The molecule has 2 aromatic rings. The Morgan fingerprint density at radius 3 is 2.46 bits per heavy atom. The van der Waals surface area contributed by atoms with E-state index in [1.54, 1.807) is 13.3 Å². The Morgan fingerprint density at radius 1 is 1.15 bits per heavy atom. The second-order valence-corrected chi connectivity index (χ2v) is 5.89. The summed E-state index contributed by atoms with van der Waals surface area (Å²) < 4.78 is 5.58. The van der Waals surface area contributed by atoms with Crippen LogP contribution in [0.2, 0.25) is 0 Å². The molecule has 1 aromatic heterocycles. The van der Waals surface area contributed by atoms with Gasteiger partial charge in [0.15, 0.2) is 5.96 Å². The third-order valence-corrected chi connectivity index (χ3v) is 4.13. The lowest BCUT2D eigenvalue weighted by atomic mass is 10.1. The van der Waals surface area contributed by atoms with E-state index in [4.69, 9.17) is 4.42 Å². The first kappa shape index (κ1) is 22.4. The van der Waals surface area contributed by atoms with Gasteiger partial charge in [0.25, 0.3) is 0 Å². The van der Waals surface area contributed by atoms with Crippen LogP contribution in [0.25, 0.3) is 11.5 Å². The summed E-state index contributed by atoms with van der Waals surface area (Å²) in [7, 11) is 1.77. The molecule has 0 aliphatic heterocycles. The molecule has 0 bridgehead atoms. The Bertz CT molecular complexity index is 665. The Balaban J connectivity index is 0.00000338. The summed E-state index contributed by atoms with van der Waals surface area (Å²) in [4.78, 5) is 11.1. The van der Waals surface area contributed by atoms with Gasteiger partial charge >= 0.3 is 0 Å². The predicted molar refractivity (Wildman–Crippen MR) is 118 cm³/mol. The van der Waals surface area contributed by atoms with Gasteiger partial charge in [0.2, 0.25) is 5.89 Å². The van der Waals surface area contributed by atoms with Crippen molar-refractivity contribution in [3.05, 3.63) is 41.8 Å². The van der Waals surface area contributed by atoms with Crippen molar-refractivity contribution in [1.82, 2.24) is 20.5 Å². The summed E-state index contributed by atoms with van der Waals surface area (Å²) in [5, 5.41) is 6.59. The Hall–Kier alpha value is -1.61. The summed E-state index contributed by atoms with van der Waals surface area (Å²) in [5.41, 5.74) is 3.05. The van der Waals surface area contributed by atoms with Crippen LogP contribution in [0.1, 0.15) is 25.1 Å². The maximum absolute atomic E-state index is 5.58. The Morgan fingerprint density at radius 2 is 1.85 bits per heavy atom. The van der Waals surface area contributed by atoms with Crippen molar-refractivity contribution in [2.24, 2.45) is 4.99 Å². The van der Waals surface area contributed by atoms with Gasteiger partial charge in [0, 0.05) is 25.7 Å². The number of aromatic nitrogens is 1. The lowest BCUT2D eigenvalue weighted by molar-refractivity contribution is 0.308. The Labute approximate surface area is 173 Å². The first-order chi connectivity index (χ1) is 12.2. The lowest BCUT2D eigenvalue weighted by Crippen LogP contribution is -2.41. The number of oxazole rings is 1. The van der Waals surface area contributed by atoms with E-state index in [0.29, 0.717) is 12.4 Å². The highest BCUT2D eigenvalue weighted by molar-refractivity contribution is 14.0. The van der Waals surface area contributed by atoms with Crippen LogP contribution in [0.15, 0.2) is 39.9 Å². The standard InChI is InChI=1S/C19H29N5O.HI/c1-5-24(6-2)12-11-21-19(20-4)22-13-17-14-25-18(23-17)16-9-7-15(3)8-10-16;/h7-10,14H,5-6,11-13H2,1-4H3,(H2,20,21,22);1H. The van der Waals surface area contributed by atoms with Crippen LogP contribution >= 0.6 is 24.0 Å². The van der Waals surface area contributed by atoms with Crippen LogP contribution in [0.5, 0.6) is 0 Å². The highest BCUT2D eigenvalue weighted by Crippen LogP contribution is 2.18. The van der Waals surface area contributed by atoms with Crippen molar-refractivity contribution >= 4 is 29.9 Å². The molecule has 0 fully saturated rings. The van der Waals surface area contributed by atoms with Crippen LogP contribution in [0, 0.1) is 6.92 Å². The summed E-state index contributed by atoms with van der Waals surface area (Å²) in [6, 6.07) is 8.15. The van der Waals surface area contributed by atoms with Gasteiger partial charge in [-0.3, -0.25) is 4.99 Å². The fourth-order valence-electron chi connectivity index (χ4n) is 2.48. The second kappa shape index (κ2) is 11.9. The number of hydrogen-bond donors (Lipinski definition) is 2. The molecule has 0 saturated heterocycles. The number of aliphatic imine (C=N–C) groups is 1. The van der Waals surface area contributed by atoms with Gasteiger partial charge in [-0.2, -0.15) is 0 Å². The molecule has 0 spiro atoms. The van der Waals surface area contributed by atoms with Crippen molar-refractivity contribution in [2.45, 2.75) is 27.3 Å². The minimum absolute atomic E-state index is 0. The zero-order chi connectivity index (χ0) is 18.1. The summed E-state index contributed by atoms with van der Waals surface area (Å²) in [5.74, 6) is 1.41. The molecule has 2 rings (SSSR count). The average Bonchev–Trinajstić information content (AvgIpc) is 3.11. The number of likely N-dealkylation sites (N-methyl/N-ethyl adjacent to an activating group) is 1. The van der Waals surface area contributed by atoms with Crippen molar-refractivity contribution in [2.75, 3.05) is 33.2 Å². The fraction of sp³-hybridized carbons (Fsp3) is 0.474. The van der Waals surface area contributed by atoms with E-state index in [-0.39, 0.29) is 24.0 Å². The minimum atomic E-state index is 0. The number of guanidine groups is 1. The second-order valence-electron chi connectivity index (χ2n) is 5.89. The molecule has 144 valence electrons. The van der Waals surface area contributed by atoms with E-state index in [9.17, 15) is 0 Å². The van der Waals surface area contributed by atoms with Crippen LogP contribution < -0.4 is 10.6 Å². The highest BCUT2D eigenvalue weighted by Gasteiger charge is 2.07. The van der Waals surface area contributed by atoms with Gasteiger partial charge in [-0.05, 0) is 32.1 Å². The van der Waals surface area contributed by atoms with E-state index >= 15 is 0 Å². The van der Waals surface area contributed by atoms with Crippen molar-refractivity contribution < 1.29 is 4.42 Å².